The lowest BCUT2D eigenvalue weighted by Crippen LogP contribution is -2.13. The van der Waals surface area contributed by atoms with Gasteiger partial charge >= 0.3 is 0 Å². The summed E-state index contributed by atoms with van der Waals surface area (Å²) < 4.78 is 62.1. The van der Waals surface area contributed by atoms with Crippen LogP contribution >= 0.6 is 0 Å². The summed E-state index contributed by atoms with van der Waals surface area (Å²) in [5, 5.41) is 0. The first kappa shape index (κ1) is 15.5. The molecule has 0 aromatic heterocycles. The number of rotatable bonds is 4. The van der Waals surface area contributed by atoms with Crippen molar-refractivity contribution in [2.24, 2.45) is 0 Å². The van der Waals surface area contributed by atoms with Crippen LogP contribution in [0.25, 0.3) is 0 Å². The molecule has 2 aromatic rings. The Balaban J connectivity index is 2.32. The summed E-state index contributed by atoms with van der Waals surface area (Å²) in [6.45, 7) is 0. The van der Waals surface area contributed by atoms with Crippen LogP contribution in [0.3, 0.4) is 0 Å². The molecule has 0 radical (unpaired) electrons. The van der Waals surface area contributed by atoms with Crippen LogP contribution in [-0.2, 0) is 19.9 Å². The number of hydrogen-bond donors (Lipinski definition) is 1. The molecule has 0 saturated heterocycles. The summed E-state index contributed by atoms with van der Waals surface area (Å²) >= 11 is 0. The summed E-state index contributed by atoms with van der Waals surface area (Å²) in [7, 11) is -7.30. The molecule has 0 heterocycles. The van der Waals surface area contributed by atoms with Crippen LogP contribution < -0.4 is 4.72 Å². The second-order valence-corrected chi connectivity index (χ2v) is 8.06. The fourth-order valence-corrected chi connectivity index (χ4v) is 3.31. The maximum atomic E-state index is 13.0. The number of halogens is 1. The van der Waals surface area contributed by atoms with Crippen molar-refractivity contribution in [1.29, 1.82) is 0 Å². The Morgan fingerprint density at radius 3 is 2.00 bits per heavy atom. The van der Waals surface area contributed by atoms with Gasteiger partial charge in [0.05, 0.1) is 15.5 Å². The second-order valence-electron chi connectivity index (χ2n) is 4.36. The van der Waals surface area contributed by atoms with Gasteiger partial charge in [-0.1, -0.05) is 6.07 Å². The number of anilines is 1. The van der Waals surface area contributed by atoms with Gasteiger partial charge in [-0.3, -0.25) is 4.72 Å². The van der Waals surface area contributed by atoms with E-state index < -0.39 is 25.7 Å². The summed E-state index contributed by atoms with van der Waals surface area (Å²) in [5.74, 6) is -0.567. The lowest BCUT2D eigenvalue weighted by Gasteiger charge is -2.08. The Morgan fingerprint density at radius 2 is 1.48 bits per heavy atom. The Morgan fingerprint density at radius 1 is 0.905 bits per heavy atom. The first-order chi connectivity index (χ1) is 9.68. The van der Waals surface area contributed by atoms with E-state index in [1.54, 1.807) is 0 Å². The van der Waals surface area contributed by atoms with Crippen molar-refractivity contribution in [3.05, 3.63) is 54.3 Å². The Labute approximate surface area is 122 Å². The molecular weight excluding hydrogens is 317 g/mol. The highest BCUT2D eigenvalue weighted by molar-refractivity contribution is 7.92. The molecule has 0 unspecified atom stereocenters. The highest BCUT2D eigenvalue weighted by Crippen LogP contribution is 2.18. The SMILES string of the molecule is CS(=O)(=O)c1ccc(S(=O)(=O)Nc2cccc(F)c2)cc1. The monoisotopic (exact) mass is 329 g/mol. The molecule has 0 saturated carbocycles. The number of hydrogen-bond acceptors (Lipinski definition) is 4. The smallest absolute Gasteiger partial charge is 0.261 e. The van der Waals surface area contributed by atoms with Crippen LogP contribution in [0.15, 0.2) is 58.3 Å². The Hall–Kier alpha value is -1.93. The normalized spacial score (nSPS) is 12.1. The van der Waals surface area contributed by atoms with Gasteiger partial charge in [0.15, 0.2) is 9.84 Å². The quantitative estimate of drug-likeness (QED) is 0.931. The van der Waals surface area contributed by atoms with Crippen molar-refractivity contribution in [1.82, 2.24) is 0 Å². The standard InChI is InChI=1S/C13H12FNO4S2/c1-20(16,17)12-5-7-13(8-6-12)21(18,19)15-11-4-2-3-10(14)9-11/h2-9,15H,1H3. The molecule has 0 spiro atoms. The molecule has 1 N–H and O–H groups in total. The number of benzene rings is 2. The van der Waals surface area contributed by atoms with Gasteiger partial charge in [0, 0.05) is 6.26 Å². The minimum absolute atomic E-state index is 0.0206. The zero-order chi connectivity index (χ0) is 15.7. The first-order valence-electron chi connectivity index (χ1n) is 5.77. The Kier molecular flexibility index (Phi) is 4.02. The molecule has 2 rings (SSSR count). The molecule has 0 amide bonds. The average molecular weight is 329 g/mol. The molecule has 5 nitrogen and oxygen atoms in total. The third-order valence-electron chi connectivity index (χ3n) is 2.64. The summed E-state index contributed by atoms with van der Waals surface area (Å²) in [4.78, 5) is -0.0913. The van der Waals surface area contributed by atoms with Gasteiger partial charge in [0.25, 0.3) is 10.0 Å². The average Bonchev–Trinajstić information content (AvgIpc) is 2.37. The zero-order valence-corrected chi connectivity index (χ0v) is 12.6. The van der Waals surface area contributed by atoms with Crippen molar-refractivity contribution in [2.45, 2.75) is 9.79 Å². The molecule has 0 bridgehead atoms. The fourth-order valence-electron chi connectivity index (χ4n) is 1.63. The molecule has 21 heavy (non-hydrogen) atoms. The highest BCUT2D eigenvalue weighted by Gasteiger charge is 2.16. The molecule has 0 aliphatic rings. The largest absolute Gasteiger partial charge is 0.280 e. The van der Waals surface area contributed by atoms with Gasteiger partial charge in [0.1, 0.15) is 5.82 Å². The topological polar surface area (TPSA) is 80.3 Å². The van der Waals surface area contributed by atoms with E-state index in [4.69, 9.17) is 0 Å². The zero-order valence-electron chi connectivity index (χ0n) is 10.9. The van der Waals surface area contributed by atoms with Crippen LogP contribution in [0.1, 0.15) is 0 Å². The molecule has 0 atom stereocenters. The summed E-state index contributed by atoms with van der Waals surface area (Å²) in [5.41, 5.74) is 0.0854. The van der Waals surface area contributed by atoms with E-state index in [0.29, 0.717) is 0 Å². The predicted molar refractivity (Wildman–Crippen MR) is 76.8 cm³/mol. The highest BCUT2D eigenvalue weighted by atomic mass is 32.2. The van der Waals surface area contributed by atoms with Gasteiger partial charge < -0.3 is 0 Å². The number of sulfonamides is 1. The van der Waals surface area contributed by atoms with Gasteiger partial charge in [-0.15, -0.1) is 0 Å². The summed E-state index contributed by atoms with van der Waals surface area (Å²) in [6.07, 6.45) is 1.03. The van der Waals surface area contributed by atoms with Crippen molar-refractivity contribution < 1.29 is 21.2 Å². The van der Waals surface area contributed by atoms with E-state index in [0.717, 1.165) is 12.3 Å². The van der Waals surface area contributed by atoms with Crippen LogP contribution in [0, 0.1) is 5.82 Å². The van der Waals surface area contributed by atoms with Crippen molar-refractivity contribution >= 4 is 25.5 Å². The maximum Gasteiger partial charge on any atom is 0.261 e. The van der Waals surface area contributed by atoms with Gasteiger partial charge in [-0.25, -0.2) is 21.2 Å². The van der Waals surface area contributed by atoms with Gasteiger partial charge in [-0.2, -0.15) is 0 Å². The van der Waals surface area contributed by atoms with Crippen molar-refractivity contribution in [3.63, 3.8) is 0 Å². The molecular formula is C13H12FNO4S2. The number of nitrogens with one attached hydrogen (secondary N) is 1. The predicted octanol–water partition coefficient (Wildman–Crippen LogP) is 2.03. The van der Waals surface area contributed by atoms with E-state index in [1.165, 1.54) is 42.5 Å². The minimum Gasteiger partial charge on any atom is -0.280 e. The lowest BCUT2D eigenvalue weighted by molar-refractivity contribution is 0.597. The van der Waals surface area contributed by atoms with Crippen molar-refractivity contribution in [3.8, 4) is 0 Å². The summed E-state index contributed by atoms with van der Waals surface area (Å²) in [6, 6.07) is 9.79. The maximum absolute atomic E-state index is 13.0. The van der Waals surface area contributed by atoms with Crippen LogP contribution in [0.2, 0.25) is 0 Å². The van der Waals surface area contributed by atoms with Crippen LogP contribution in [-0.4, -0.2) is 23.1 Å². The lowest BCUT2D eigenvalue weighted by atomic mass is 10.3. The van der Waals surface area contributed by atoms with Gasteiger partial charge in [-0.05, 0) is 42.5 Å². The van der Waals surface area contributed by atoms with E-state index in [1.807, 2.05) is 0 Å². The van der Waals surface area contributed by atoms with Crippen LogP contribution in [0.4, 0.5) is 10.1 Å². The third-order valence-corrected chi connectivity index (χ3v) is 5.16. The first-order valence-corrected chi connectivity index (χ1v) is 9.14. The van der Waals surface area contributed by atoms with E-state index in [-0.39, 0.29) is 15.5 Å². The van der Waals surface area contributed by atoms with E-state index >= 15 is 0 Å². The van der Waals surface area contributed by atoms with E-state index in [9.17, 15) is 21.2 Å². The fraction of sp³-hybridized carbons (Fsp3) is 0.0769. The third kappa shape index (κ3) is 3.79. The molecule has 8 heteroatoms. The molecule has 112 valence electrons. The van der Waals surface area contributed by atoms with Crippen LogP contribution in [0.5, 0.6) is 0 Å². The molecule has 2 aromatic carbocycles. The number of sulfone groups is 1. The minimum atomic E-state index is -3.90. The van der Waals surface area contributed by atoms with E-state index in [2.05, 4.69) is 4.72 Å². The molecule has 0 aliphatic heterocycles. The van der Waals surface area contributed by atoms with Crippen molar-refractivity contribution in [2.75, 3.05) is 11.0 Å². The molecule has 0 fully saturated rings. The Bertz CT molecular complexity index is 859. The second kappa shape index (κ2) is 5.45. The van der Waals surface area contributed by atoms with Gasteiger partial charge in [0.2, 0.25) is 0 Å². The molecule has 0 aliphatic carbocycles.